The third kappa shape index (κ3) is 3.65. The van der Waals surface area contributed by atoms with Crippen LogP contribution in [0.2, 0.25) is 0 Å². The average molecular weight is 401 g/mol. The fourth-order valence-corrected chi connectivity index (χ4v) is 3.24. The summed E-state index contributed by atoms with van der Waals surface area (Å²) < 4.78 is 5.88. The summed E-state index contributed by atoms with van der Waals surface area (Å²) in [7, 11) is 0. The van der Waals surface area contributed by atoms with Crippen molar-refractivity contribution in [1.82, 2.24) is 4.98 Å². The van der Waals surface area contributed by atoms with Crippen molar-refractivity contribution in [3.8, 4) is 11.5 Å². The van der Waals surface area contributed by atoms with E-state index in [9.17, 15) is 14.9 Å². The number of benzene rings is 3. The number of nitro benzene ring substituents is 1. The van der Waals surface area contributed by atoms with Gasteiger partial charge in [0.2, 0.25) is 5.89 Å². The van der Waals surface area contributed by atoms with Crippen molar-refractivity contribution in [2.45, 2.75) is 20.8 Å². The van der Waals surface area contributed by atoms with E-state index in [4.69, 9.17) is 4.42 Å². The lowest BCUT2D eigenvalue weighted by atomic mass is 10.1. The van der Waals surface area contributed by atoms with Gasteiger partial charge in [-0.1, -0.05) is 12.1 Å². The van der Waals surface area contributed by atoms with Gasteiger partial charge in [-0.2, -0.15) is 0 Å². The summed E-state index contributed by atoms with van der Waals surface area (Å²) in [6.07, 6.45) is 0. The highest BCUT2D eigenvalue weighted by molar-refractivity contribution is 6.05. The Labute approximate surface area is 172 Å². The molecule has 0 saturated carbocycles. The molecule has 150 valence electrons. The van der Waals surface area contributed by atoms with Crippen molar-refractivity contribution >= 4 is 28.4 Å². The third-order valence-corrected chi connectivity index (χ3v) is 4.93. The fourth-order valence-electron chi connectivity index (χ4n) is 3.24. The molecule has 0 fully saturated rings. The molecule has 0 radical (unpaired) electrons. The zero-order chi connectivity index (χ0) is 21.4. The van der Waals surface area contributed by atoms with Crippen LogP contribution in [0, 0.1) is 30.9 Å². The predicted molar refractivity (Wildman–Crippen MR) is 115 cm³/mol. The Morgan fingerprint density at radius 1 is 1.00 bits per heavy atom. The van der Waals surface area contributed by atoms with Crippen molar-refractivity contribution in [2.75, 3.05) is 5.32 Å². The van der Waals surface area contributed by atoms with Crippen LogP contribution in [0.15, 0.2) is 59.0 Å². The molecule has 4 aromatic rings. The van der Waals surface area contributed by atoms with Gasteiger partial charge in [-0.15, -0.1) is 0 Å². The van der Waals surface area contributed by atoms with Gasteiger partial charge in [0.15, 0.2) is 5.58 Å². The lowest BCUT2D eigenvalue weighted by Gasteiger charge is -2.10. The second-order valence-corrected chi connectivity index (χ2v) is 7.23. The number of fused-ring (bicyclic) bond motifs is 1. The minimum absolute atomic E-state index is 0.0177. The highest BCUT2D eigenvalue weighted by Gasteiger charge is 2.16. The summed E-state index contributed by atoms with van der Waals surface area (Å²) in [5, 5.41) is 13.9. The topological polar surface area (TPSA) is 98.3 Å². The van der Waals surface area contributed by atoms with Crippen LogP contribution < -0.4 is 5.32 Å². The average Bonchev–Trinajstić information content (AvgIpc) is 3.12. The van der Waals surface area contributed by atoms with Crippen molar-refractivity contribution in [3.05, 3.63) is 87.0 Å². The summed E-state index contributed by atoms with van der Waals surface area (Å²) in [5.74, 6) is 0.124. The molecule has 0 bridgehead atoms. The molecule has 1 aromatic heterocycles. The quantitative estimate of drug-likeness (QED) is 0.355. The number of anilines is 1. The summed E-state index contributed by atoms with van der Waals surface area (Å²) in [6, 6.07) is 15.7. The van der Waals surface area contributed by atoms with E-state index in [1.165, 1.54) is 18.2 Å². The molecule has 0 saturated heterocycles. The molecule has 0 unspecified atom stereocenters. The molecule has 0 atom stereocenters. The van der Waals surface area contributed by atoms with E-state index in [1.54, 1.807) is 6.92 Å². The van der Waals surface area contributed by atoms with Crippen LogP contribution in [-0.4, -0.2) is 15.8 Å². The molecular weight excluding hydrogens is 382 g/mol. The normalized spacial score (nSPS) is 10.9. The third-order valence-electron chi connectivity index (χ3n) is 4.93. The van der Waals surface area contributed by atoms with Crippen LogP contribution in [0.1, 0.15) is 27.0 Å². The summed E-state index contributed by atoms with van der Waals surface area (Å²) in [4.78, 5) is 27.8. The number of amides is 1. The van der Waals surface area contributed by atoms with Crippen LogP contribution in [0.25, 0.3) is 22.6 Å². The second-order valence-electron chi connectivity index (χ2n) is 7.23. The van der Waals surface area contributed by atoms with E-state index in [-0.39, 0.29) is 11.6 Å². The van der Waals surface area contributed by atoms with Gasteiger partial charge in [0.05, 0.1) is 4.92 Å². The summed E-state index contributed by atoms with van der Waals surface area (Å²) in [6.45, 7) is 5.48. The second kappa shape index (κ2) is 7.44. The van der Waals surface area contributed by atoms with E-state index in [0.717, 1.165) is 22.2 Å². The fraction of sp³-hybridized carbons (Fsp3) is 0.130. The number of nitrogens with one attached hydrogen (secondary N) is 1. The molecule has 0 aliphatic heterocycles. The monoisotopic (exact) mass is 401 g/mol. The Morgan fingerprint density at radius 2 is 1.80 bits per heavy atom. The highest BCUT2D eigenvalue weighted by Crippen LogP contribution is 2.29. The zero-order valence-corrected chi connectivity index (χ0v) is 16.7. The molecule has 3 aromatic carbocycles. The number of aromatic nitrogens is 1. The van der Waals surface area contributed by atoms with E-state index < -0.39 is 4.92 Å². The standard InChI is InChI=1S/C23H19N3O4/c1-13-4-8-18-21(10-13)30-23(25-18)17-6-5-14(2)19(12-17)24-22(27)16-7-9-20(26(28)29)15(3)11-16/h4-12H,1-3H3,(H,24,27). The highest BCUT2D eigenvalue weighted by atomic mass is 16.6. The maximum atomic E-state index is 12.7. The van der Waals surface area contributed by atoms with Gasteiger partial charge in [-0.05, 0) is 68.3 Å². The van der Waals surface area contributed by atoms with Crippen molar-refractivity contribution < 1.29 is 14.1 Å². The van der Waals surface area contributed by atoms with Crippen LogP contribution in [0.4, 0.5) is 11.4 Å². The van der Waals surface area contributed by atoms with Crippen LogP contribution in [0.5, 0.6) is 0 Å². The molecule has 1 heterocycles. The molecule has 1 N–H and O–H groups in total. The SMILES string of the molecule is Cc1ccc2nc(-c3ccc(C)c(NC(=O)c4ccc([N+](=O)[O-])c(C)c4)c3)oc2c1. The number of hydrogen-bond donors (Lipinski definition) is 1. The molecule has 0 aliphatic rings. The molecule has 4 rings (SSSR count). The number of carbonyl (C=O) groups is 1. The molecular formula is C23H19N3O4. The Bertz CT molecular complexity index is 1310. The van der Waals surface area contributed by atoms with E-state index in [0.29, 0.717) is 28.3 Å². The largest absolute Gasteiger partial charge is 0.436 e. The predicted octanol–water partition coefficient (Wildman–Crippen LogP) is 5.58. The molecule has 0 aliphatic carbocycles. The minimum Gasteiger partial charge on any atom is -0.436 e. The maximum absolute atomic E-state index is 12.7. The number of nitrogens with zero attached hydrogens (tertiary/aromatic N) is 2. The Kier molecular flexibility index (Phi) is 4.79. The number of hydrogen-bond acceptors (Lipinski definition) is 5. The number of carbonyl (C=O) groups excluding carboxylic acids is 1. The van der Waals surface area contributed by atoms with E-state index in [2.05, 4.69) is 10.3 Å². The molecule has 7 nitrogen and oxygen atoms in total. The van der Waals surface area contributed by atoms with Crippen molar-refractivity contribution in [1.29, 1.82) is 0 Å². The van der Waals surface area contributed by atoms with Gasteiger partial charge in [-0.3, -0.25) is 14.9 Å². The first-order chi connectivity index (χ1) is 14.3. The number of aryl methyl sites for hydroxylation is 3. The number of oxazole rings is 1. The molecule has 7 heteroatoms. The molecule has 30 heavy (non-hydrogen) atoms. The van der Waals surface area contributed by atoms with Gasteiger partial charge in [0, 0.05) is 28.4 Å². The zero-order valence-electron chi connectivity index (χ0n) is 16.7. The van der Waals surface area contributed by atoms with E-state index in [1.807, 2.05) is 50.2 Å². The first-order valence-corrected chi connectivity index (χ1v) is 9.36. The molecule has 1 amide bonds. The Balaban J connectivity index is 1.64. The van der Waals surface area contributed by atoms with Crippen LogP contribution in [-0.2, 0) is 0 Å². The smallest absolute Gasteiger partial charge is 0.272 e. The molecule has 0 spiro atoms. The summed E-state index contributed by atoms with van der Waals surface area (Å²) >= 11 is 0. The first kappa shape index (κ1) is 19.3. The van der Waals surface area contributed by atoms with Gasteiger partial charge in [0.25, 0.3) is 11.6 Å². The lowest BCUT2D eigenvalue weighted by molar-refractivity contribution is -0.385. The van der Waals surface area contributed by atoms with Crippen LogP contribution in [0.3, 0.4) is 0 Å². The minimum atomic E-state index is -0.466. The van der Waals surface area contributed by atoms with E-state index >= 15 is 0 Å². The van der Waals surface area contributed by atoms with Crippen molar-refractivity contribution in [2.24, 2.45) is 0 Å². The number of nitro groups is 1. The van der Waals surface area contributed by atoms with Crippen LogP contribution >= 0.6 is 0 Å². The van der Waals surface area contributed by atoms with Gasteiger partial charge >= 0.3 is 0 Å². The van der Waals surface area contributed by atoms with Gasteiger partial charge in [0.1, 0.15) is 5.52 Å². The van der Waals surface area contributed by atoms with Gasteiger partial charge in [-0.25, -0.2) is 4.98 Å². The van der Waals surface area contributed by atoms with Gasteiger partial charge < -0.3 is 9.73 Å². The Morgan fingerprint density at radius 3 is 2.53 bits per heavy atom. The van der Waals surface area contributed by atoms with Crippen molar-refractivity contribution in [3.63, 3.8) is 0 Å². The Hall–Kier alpha value is -4.00. The number of rotatable bonds is 4. The lowest BCUT2D eigenvalue weighted by Crippen LogP contribution is -2.13. The summed E-state index contributed by atoms with van der Waals surface area (Å²) in [5.41, 5.74) is 5.55. The maximum Gasteiger partial charge on any atom is 0.272 e. The first-order valence-electron chi connectivity index (χ1n) is 9.36.